The molecule has 0 radical (unpaired) electrons. The number of benzene rings is 1. The molecule has 0 aliphatic carbocycles. The number of piperidine rings is 1. The molecule has 0 saturated carbocycles. The summed E-state index contributed by atoms with van der Waals surface area (Å²) in [7, 11) is 0. The Balaban J connectivity index is 1.59. The minimum Gasteiger partial charge on any atom is -0.370 e. The normalized spacial score (nSPS) is 21.2. The first-order chi connectivity index (χ1) is 10.2. The van der Waals surface area contributed by atoms with Gasteiger partial charge in [-0.3, -0.25) is 4.68 Å². The molecule has 4 rings (SSSR count). The van der Waals surface area contributed by atoms with Crippen molar-refractivity contribution in [3.63, 3.8) is 0 Å². The van der Waals surface area contributed by atoms with Crippen LogP contribution < -0.4 is 10.2 Å². The molecule has 1 aromatic carbocycles. The SMILES string of the molecule is CC(C)n1ncc2ccc(N3CC4(CCNCC4)C3)cc21. The maximum absolute atomic E-state index is 4.51. The second-order valence-corrected chi connectivity index (χ2v) is 7.03. The molecule has 3 heterocycles. The van der Waals surface area contributed by atoms with E-state index >= 15 is 0 Å². The molecule has 1 aromatic heterocycles. The number of hydrogen-bond donors (Lipinski definition) is 1. The molecule has 2 aliphatic rings. The van der Waals surface area contributed by atoms with E-state index in [1.807, 2.05) is 6.20 Å². The smallest absolute Gasteiger partial charge is 0.0706 e. The van der Waals surface area contributed by atoms with Crippen LogP contribution in [0.25, 0.3) is 10.9 Å². The number of anilines is 1. The zero-order chi connectivity index (χ0) is 14.4. The van der Waals surface area contributed by atoms with Crippen LogP contribution in [0, 0.1) is 5.41 Å². The van der Waals surface area contributed by atoms with E-state index in [9.17, 15) is 0 Å². The molecule has 4 heteroatoms. The molecule has 112 valence electrons. The van der Waals surface area contributed by atoms with E-state index in [0.717, 1.165) is 0 Å². The van der Waals surface area contributed by atoms with Gasteiger partial charge in [-0.1, -0.05) is 0 Å². The molecular formula is C17H24N4. The fourth-order valence-corrected chi connectivity index (χ4v) is 3.85. The van der Waals surface area contributed by atoms with Gasteiger partial charge in [0.05, 0.1) is 11.7 Å². The fraction of sp³-hybridized carbons (Fsp3) is 0.588. The molecule has 1 N–H and O–H groups in total. The van der Waals surface area contributed by atoms with Crippen LogP contribution >= 0.6 is 0 Å². The Morgan fingerprint density at radius 3 is 2.67 bits per heavy atom. The Bertz CT molecular complexity index is 644. The van der Waals surface area contributed by atoms with Crippen molar-refractivity contribution in [3.05, 3.63) is 24.4 Å². The third-order valence-electron chi connectivity index (χ3n) is 5.15. The average Bonchev–Trinajstić information content (AvgIpc) is 2.88. The summed E-state index contributed by atoms with van der Waals surface area (Å²) in [5, 5.41) is 9.23. The Morgan fingerprint density at radius 2 is 1.95 bits per heavy atom. The summed E-state index contributed by atoms with van der Waals surface area (Å²) in [4.78, 5) is 2.53. The highest BCUT2D eigenvalue weighted by atomic mass is 15.3. The molecule has 4 nitrogen and oxygen atoms in total. The van der Waals surface area contributed by atoms with Gasteiger partial charge in [0.2, 0.25) is 0 Å². The monoisotopic (exact) mass is 284 g/mol. The first kappa shape index (κ1) is 13.1. The quantitative estimate of drug-likeness (QED) is 0.920. The Labute approximate surface area is 126 Å². The van der Waals surface area contributed by atoms with E-state index in [2.05, 4.69) is 52.0 Å². The molecular weight excluding hydrogens is 260 g/mol. The van der Waals surface area contributed by atoms with Crippen LogP contribution in [-0.2, 0) is 0 Å². The molecule has 21 heavy (non-hydrogen) atoms. The summed E-state index contributed by atoms with van der Waals surface area (Å²) < 4.78 is 2.12. The van der Waals surface area contributed by atoms with Gasteiger partial charge in [0.15, 0.2) is 0 Å². The van der Waals surface area contributed by atoms with E-state index < -0.39 is 0 Å². The topological polar surface area (TPSA) is 33.1 Å². The maximum atomic E-state index is 4.51. The molecule has 0 unspecified atom stereocenters. The van der Waals surface area contributed by atoms with Gasteiger partial charge >= 0.3 is 0 Å². The van der Waals surface area contributed by atoms with Crippen LogP contribution in [0.5, 0.6) is 0 Å². The molecule has 2 fully saturated rings. The second-order valence-electron chi connectivity index (χ2n) is 7.03. The number of fused-ring (bicyclic) bond motifs is 1. The first-order valence-electron chi connectivity index (χ1n) is 8.10. The largest absolute Gasteiger partial charge is 0.370 e. The summed E-state index contributed by atoms with van der Waals surface area (Å²) in [6.45, 7) is 9.19. The number of nitrogens with zero attached hydrogens (tertiary/aromatic N) is 3. The molecule has 2 aromatic rings. The molecule has 2 aliphatic heterocycles. The Kier molecular flexibility index (Phi) is 2.96. The van der Waals surface area contributed by atoms with Gasteiger partial charge in [0, 0.05) is 35.6 Å². The highest BCUT2D eigenvalue weighted by molar-refractivity contribution is 5.83. The molecule has 0 atom stereocenters. The van der Waals surface area contributed by atoms with Gasteiger partial charge in [-0.2, -0.15) is 5.10 Å². The van der Waals surface area contributed by atoms with Crippen LogP contribution in [0.4, 0.5) is 5.69 Å². The minimum absolute atomic E-state index is 0.407. The van der Waals surface area contributed by atoms with E-state index in [1.165, 1.54) is 55.6 Å². The molecule has 0 amide bonds. The predicted octanol–water partition coefficient (Wildman–Crippen LogP) is 2.81. The lowest BCUT2D eigenvalue weighted by Crippen LogP contribution is -2.60. The lowest BCUT2D eigenvalue weighted by molar-refractivity contribution is 0.150. The molecule has 2 saturated heterocycles. The Hall–Kier alpha value is -1.55. The minimum atomic E-state index is 0.407. The van der Waals surface area contributed by atoms with Gasteiger partial charge in [0.1, 0.15) is 0 Å². The van der Waals surface area contributed by atoms with Crippen molar-refractivity contribution >= 4 is 16.6 Å². The van der Waals surface area contributed by atoms with Crippen molar-refractivity contribution in [2.45, 2.75) is 32.7 Å². The van der Waals surface area contributed by atoms with Crippen molar-refractivity contribution in [1.29, 1.82) is 0 Å². The van der Waals surface area contributed by atoms with E-state index in [0.29, 0.717) is 11.5 Å². The lowest BCUT2D eigenvalue weighted by Gasteiger charge is -2.53. The number of hydrogen-bond acceptors (Lipinski definition) is 3. The van der Waals surface area contributed by atoms with Gasteiger partial charge < -0.3 is 10.2 Å². The van der Waals surface area contributed by atoms with Gasteiger partial charge in [-0.15, -0.1) is 0 Å². The standard InChI is InChI=1S/C17H24N4/c1-13(2)21-16-9-15(4-3-14(16)10-19-21)20-11-17(12-20)5-7-18-8-6-17/h3-4,9-10,13,18H,5-8,11-12H2,1-2H3. The third kappa shape index (κ3) is 2.13. The van der Waals surface area contributed by atoms with Crippen molar-refractivity contribution in [2.75, 3.05) is 31.1 Å². The number of nitrogens with one attached hydrogen (secondary N) is 1. The van der Waals surface area contributed by atoms with Crippen molar-refractivity contribution in [2.24, 2.45) is 5.41 Å². The van der Waals surface area contributed by atoms with Gasteiger partial charge in [-0.25, -0.2) is 0 Å². The highest BCUT2D eigenvalue weighted by Crippen LogP contribution is 2.41. The summed E-state index contributed by atoms with van der Waals surface area (Å²) in [6.07, 6.45) is 4.63. The summed E-state index contributed by atoms with van der Waals surface area (Å²) in [5.74, 6) is 0. The number of aromatic nitrogens is 2. The molecule has 1 spiro atoms. The zero-order valence-corrected chi connectivity index (χ0v) is 13.0. The third-order valence-corrected chi connectivity index (χ3v) is 5.15. The van der Waals surface area contributed by atoms with E-state index in [4.69, 9.17) is 0 Å². The highest BCUT2D eigenvalue weighted by Gasteiger charge is 2.43. The summed E-state index contributed by atoms with van der Waals surface area (Å²) in [6, 6.07) is 7.19. The van der Waals surface area contributed by atoms with Crippen LogP contribution in [0.1, 0.15) is 32.7 Å². The van der Waals surface area contributed by atoms with Crippen LogP contribution in [0.15, 0.2) is 24.4 Å². The predicted molar refractivity (Wildman–Crippen MR) is 86.9 cm³/mol. The summed E-state index contributed by atoms with van der Waals surface area (Å²) in [5.41, 5.74) is 3.20. The van der Waals surface area contributed by atoms with Crippen molar-refractivity contribution in [1.82, 2.24) is 15.1 Å². The fourth-order valence-electron chi connectivity index (χ4n) is 3.85. The van der Waals surface area contributed by atoms with E-state index in [-0.39, 0.29) is 0 Å². The maximum Gasteiger partial charge on any atom is 0.0706 e. The van der Waals surface area contributed by atoms with E-state index in [1.54, 1.807) is 0 Å². The number of rotatable bonds is 2. The second kappa shape index (κ2) is 4.73. The molecule has 0 bridgehead atoms. The summed E-state index contributed by atoms with van der Waals surface area (Å²) >= 11 is 0. The van der Waals surface area contributed by atoms with Crippen LogP contribution in [-0.4, -0.2) is 36.0 Å². The van der Waals surface area contributed by atoms with Crippen LogP contribution in [0.2, 0.25) is 0 Å². The zero-order valence-electron chi connectivity index (χ0n) is 13.0. The first-order valence-corrected chi connectivity index (χ1v) is 8.10. The van der Waals surface area contributed by atoms with Gasteiger partial charge in [0.25, 0.3) is 0 Å². The van der Waals surface area contributed by atoms with Crippen LogP contribution in [0.3, 0.4) is 0 Å². The average molecular weight is 284 g/mol. The van der Waals surface area contributed by atoms with Crippen molar-refractivity contribution in [3.8, 4) is 0 Å². The Morgan fingerprint density at radius 1 is 1.19 bits per heavy atom. The van der Waals surface area contributed by atoms with Crippen molar-refractivity contribution < 1.29 is 0 Å². The lowest BCUT2D eigenvalue weighted by atomic mass is 9.72. The van der Waals surface area contributed by atoms with Gasteiger partial charge in [-0.05, 0) is 58.0 Å².